The van der Waals surface area contributed by atoms with E-state index in [0.717, 1.165) is 6.07 Å². The first kappa shape index (κ1) is 16.2. The highest BCUT2D eigenvalue weighted by Crippen LogP contribution is 2.31. The van der Waals surface area contributed by atoms with E-state index >= 15 is 0 Å². The second kappa shape index (κ2) is 11.1. The van der Waals surface area contributed by atoms with Crippen LogP contribution in [-0.2, 0) is 23.4 Å². The van der Waals surface area contributed by atoms with E-state index in [9.17, 15) is 13.2 Å². The summed E-state index contributed by atoms with van der Waals surface area (Å²) in [7, 11) is -4.58. The average Bonchev–Trinajstić information content (AvgIpc) is 3.50. The van der Waals surface area contributed by atoms with Crippen LogP contribution >= 0.6 is 0 Å². The van der Waals surface area contributed by atoms with Gasteiger partial charge in [-0.15, -0.1) is 0 Å². The number of nitrogens with one attached hydrogen (secondary N) is 2. The maximum atomic E-state index is 13.5. The highest BCUT2D eigenvalue weighted by molar-refractivity contribution is 7.89. The molecule has 0 saturated carbocycles. The topological polar surface area (TPSA) is 122 Å². The second-order valence-corrected chi connectivity index (χ2v) is 10.2. The van der Waals surface area contributed by atoms with Gasteiger partial charge in [-0.25, -0.2) is 18.1 Å². The smallest absolute Gasteiger partial charge is 0.277 e. The predicted octanol–water partition coefficient (Wildman–Crippen LogP) is 2.83. The van der Waals surface area contributed by atoms with Gasteiger partial charge in [0.25, 0.3) is 5.56 Å². The molecule has 2 aromatic heterocycles. The Balaban J connectivity index is 1.79. The minimum atomic E-state index is -4.58. The molecule has 1 fully saturated rings. The summed E-state index contributed by atoms with van der Waals surface area (Å²) >= 11 is 0. The molecular weight excluding hydrogens is 480 g/mol. The Hall–Kier alpha value is -2.76. The highest BCUT2D eigenvalue weighted by Gasteiger charge is 2.23. The van der Waals surface area contributed by atoms with Crippen LogP contribution in [0.2, 0.25) is 0 Å². The Morgan fingerprint density at radius 3 is 2.94 bits per heavy atom. The standard InChI is InChI=1S/C25H36N6O4S/c1-5-8-20-22-23(31(4)29-20)25(32)28-24(27-22)19-16-18(10-11-21(19)35-15-6-2)36(33,34)26-13-12-17-9-7-14-30(17)3/h10-11,16-17,26H,5-9,12-15H2,1-4H3,(H,27,28,32)/i3D3,4D3,5D2,13D2. The normalized spacial score (nSPS) is 22.3. The Morgan fingerprint density at radius 2 is 2.19 bits per heavy atom. The van der Waals surface area contributed by atoms with Crippen molar-refractivity contribution in [3.8, 4) is 17.1 Å². The zero-order chi connectivity index (χ0) is 34.5. The maximum Gasteiger partial charge on any atom is 0.277 e. The summed E-state index contributed by atoms with van der Waals surface area (Å²) < 4.78 is 115. The third-order valence-electron chi connectivity index (χ3n) is 5.84. The highest BCUT2D eigenvalue weighted by atomic mass is 32.2. The molecule has 10 nitrogen and oxygen atoms in total. The number of likely N-dealkylation sites (tertiary alicyclic amines) is 1. The van der Waals surface area contributed by atoms with Crippen molar-refractivity contribution in [3.63, 3.8) is 0 Å². The molecule has 1 aliphatic rings. The number of benzene rings is 1. The number of H-pyrrole nitrogens is 1. The van der Waals surface area contributed by atoms with E-state index in [4.69, 9.17) is 18.4 Å². The van der Waals surface area contributed by atoms with E-state index in [1.54, 1.807) is 0 Å². The molecule has 4 rings (SSSR count). The van der Waals surface area contributed by atoms with E-state index in [1.165, 1.54) is 24.0 Å². The van der Waals surface area contributed by atoms with Crippen LogP contribution in [0.25, 0.3) is 22.4 Å². The number of aryl methyl sites for hydroxylation is 2. The summed E-state index contributed by atoms with van der Waals surface area (Å²) in [5.41, 5.74) is -1.66. The minimum Gasteiger partial charge on any atom is -0.493 e. The van der Waals surface area contributed by atoms with E-state index in [2.05, 4.69) is 15.1 Å². The molecule has 0 spiro atoms. The zero-order valence-electron chi connectivity index (χ0n) is 30.1. The first-order valence-corrected chi connectivity index (χ1v) is 13.1. The lowest BCUT2D eigenvalue weighted by Gasteiger charge is -2.19. The van der Waals surface area contributed by atoms with Gasteiger partial charge >= 0.3 is 0 Å². The van der Waals surface area contributed by atoms with E-state index in [0.29, 0.717) is 23.9 Å². The summed E-state index contributed by atoms with van der Waals surface area (Å²) in [6.45, 7) is -4.35. The lowest BCUT2D eigenvalue weighted by atomic mass is 10.1. The van der Waals surface area contributed by atoms with Crippen molar-refractivity contribution in [2.75, 3.05) is 26.6 Å². The van der Waals surface area contributed by atoms with Crippen molar-refractivity contribution >= 4 is 21.1 Å². The van der Waals surface area contributed by atoms with Gasteiger partial charge in [0.15, 0.2) is 5.52 Å². The molecule has 1 aromatic carbocycles. The van der Waals surface area contributed by atoms with Gasteiger partial charge in [-0.05, 0) is 63.8 Å². The monoisotopic (exact) mass is 526 g/mol. The Morgan fingerprint density at radius 1 is 1.33 bits per heavy atom. The number of ether oxygens (including phenoxy) is 1. The van der Waals surface area contributed by atoms with Gasteiger partial charge in [0.2, 0.25) is 10.0 Å². The molecule has 3 heterocycles. The fourth-order valence-corrected chi connectivity index (χ4v) is 4.97. The number of sulfonamides is 1. The number of aromatic amines is 1. The molecule has 2 N–H and O–H groups in total. The van der Waals surface area contributed by atoms with Crippen LogP contribution < -0.4 is 15.0 Å². The van der Waals surface area contributed by atoms with Crippen LogP contribution in [-0.4, -0.2) is 65.7 Å². The van der Waals surface area contributed by atoms with Crippen LogP contribution in [0.5, 0.6) is 5.75 Å². The van der Waals surface area contributed by atoms with Gasteiger partial charge < -0.3 is 14.6 Å². The third-order valence-corrected chi connectivity index (χ3v) is 7.13. The average molecular weight is 527 g/mol. The largest absolute Gasteiger partial charge is 0.493 e. The van der Waals surface area contributed by atoms with E-state index in [1.807, 2.05) is 11.6 Å². The molecule has 3 aromatic rings. The van der Waals surface area contributed by atoms with Crippen LogP contribution in [0.4, 0.5) is 0 Å². The van der Waals surface area contributed by atoms with Gasteiger partial charge in [-0.3, -0.25) is 9.48 Å². The summed E-state index contributed by atoms with van der Waals surface area (Å²) in [5, 5.41) is 3.99. The van der Waals surface area contributed by atoms with Gasteiger partial charge in [0.1, 0.15) is 17.1 Å². The maximum absolute atomic E-state index is 13.5. The van der Waals surface area contributed by atoms with Crippen molar-refractivity contribution in [2.45, 2.75) is 63.3 Å². The lowest BCUT2D eigenvalue weighted by molar-refractivity contribution is 0.297. The molecule has 196 valence electrons. The van der Waals surface area contributed by atoms with Gasteiger partial charge in [0, 0.05) is 33.2 Å². The summed E-state index contributed by atoms with van der Waals surface area (Å²) in [6, 6.07) is 2.89. The first-order valence-electron chi connectivity index (χ1n) is 16.6. The van der Waals surface area contributed by atoms with Gasteiger partial charge in [-0.1, -0.05) is 20.2 Å². The Labute approximate surface area is 226 Å². The predicted molar refractivity (Wildman–Crippen MR) is 140 cm³/mol. The number of hydrogen-bond acceptors (Lipinski definition) is 7. The van der Waals surface area contributed by atoms with Crippen molar-refractivity contribution < 1.29 is 26.9 Å². The van der Waals surface area contributed by atoms with Crippen LogP contribution in [0.3, 0.4) is 0 Å². The molecule has 1 unspecified atom stereocenters. The van der Waals surface area contributed by atoms with E-state index < -0.39 is 65.3 Å². The van der Waals surface area contributed by atoms with Gasteiger partial charge in [-0.2, -0.15) is 5.10 Å². The first-order chi connectivity index (χ1) is 21.0. The molecule has 0 radical (unpaired) electrons. The number of aromatic nitrogens is 4. The molecule has 1 atom stereocenters. The van der Waals surface area contributed by atoms with Crippen LogP contribution in [0.1, 0.15) is 65.3 Å². The quantitative estimate of drug-likeness (QED) is 0.394. The Kier molecular flexibility index (Phi) is 4.98. The lowest BCUT2D eigenvalue weighted by Crippen LogP contribution is -2.31. The molecule has 1 aliphatic heterocycles. The van der Waals surface area contributed by atoms with Crippen molar-refractivity contribution in [3.05, 3.63) is 34.2 Å². The third kappa shape index (κ3) is 5.47. The molecule has 0 amide bonds. The van der Waals surface area contributed by atoms with Crippen molar-refractivity contribution in [1.82, 2.24) is 29.4 Å². The summed E-state index contributed by atoms with van der Waals surface area (Å²) in [5.74, 6) is -0.105. The molecular formula is C25H36N6O4S. The van der Waals surface area contributed by atoms with Crippen LogP contribution in [0, 0.1) is 0 Å². The van der Waals surface area contributed by atoms with E-state index in [-0.39, 0.29) is 47.9 Å². The van der Waals surface area contributed by atoms with Crippen molar-refractivity contribution in [2.24, 2.45) is 6.98 Å². The fourth-order valence-electron chi connectivity index (χ4n) is 4.06. The number of hydrogen-bond donors (Lipinski definition) is 2. The second-order valence-electron chi connectivity index (χ2n) is 8.48. The molecule has 0 aliphatic carbocycles. The summed E-state index contributed by atoms with van der Waals surface area (Å²) in [4.78, 5) is 21.0. The molecule has 0 bridgehead atoms. The molecule has 36 heavy (non-hydrogen) atoms. The fraction of sp³-hybridized carbons (Fsp3) is 0.560. The SMILES string of the molecule is [2H]C([2H])(C)Cc1nn(C([2H])([2H])[2H])c2c(=O)[nH]c(-c3cc(S(=O)(=O)NC([2H])([2H])CC4CCCN4C([2H])([2H])[2H])ccc3OCCC)nc12. The number of nitrogens with zero attached hydrogens (tertiary/aromatic N) is 4. The number of rotatable bonds is 11. The van der Waals surface area contributed by atoms with Crippen LogP contribution in [0.15, 0.2) is 27.9 Å². The van der Waals surface area contributed by atoms with Gasteiger partial charge in [0.05, 0.1) is 22.8 Å². The van der Waals surface area contributed by atoms with Crippen molar-refractivity contribution in [1.29, 1.82) is 0 Å². The molecule has 11 heteroatoms. The summed E-state index contributed by atoms with van der Waals surface area (Å²) in [6.07, 6.45) is -1.16. The zero-order valence-corrected chi connectivity index (χ0v) is 20.9. The molecule has 1 saturated heterocycles. The Bertz CT molecular complexity index is 1750. The minimum absolute atomic E-state index is 0.0210. The number of fused-ring (bicyclic) bond motifs is 1.